The van der Waals surface area contributed by atoms with Crippen LogP contribution < -0.4 is 15.5 Å². The van der Waals surface area contributed by atoms with E-state index in [1.54, 1.807) is 29.2 Å². The van der Waals surface area contributed by atoms with Gasteiger partial charge in [0.1, 0.15) is 12.4 Å². The summed E-state index contributed by atoms with van der Waals surface area (Å²) in [6, 6.07) is 8.28. The van der Waals surface area contributed by atoms with Crippen LogP contribution in [0.1, 0.15) is 5.56 Å². The third-order valence-corrected chi connectivity index (χ3v) is 7.99. The van der Waals surface area contributed by atoms with Crippen molar-refractivity contribution >= 4 is 33.1 Å². The van der Waals surface area contributed by atoms with E-state index in [9.17, 15) is 17.2 Å². The number of rotatable bonds is 4. The number of hydrogen-bond acceptors (Lipinski definition) is 9. The Morgan fingerprint density at radius 3 is 2.69 bits per heavy atom. The van der Waals surface area contributed by atoms with E-state index in [1.165, 1.54) is 6.07 Å². The van der Waals surface area contributed by atoms with Crippen LogP contribution in [0.5, 0.6) is 0 Å². The van der Waals surface area contributed by atoms with Gasteiger partial charge in [-0.3, -0.25) is 0 Å². The molecule has 14 heteroatoms. The van der Waals surface area contributed by atoms with Crippen molar-refractivity contribution in [3.05, 3.63) is 52.8 Å². The molecule has 0 bridgehead atoms. The van der Waals surface area contributed by atoms with Crippen molar-refractivity contribution in [2.75, 3.05) is 41.8 Å². The molecule has 1 fully saturated rings. The minimum atomic E-state index is -3.90. The van der Waals surface area contributed by atoms with Crippen LogP contribution in [0.25, 0.3) is 11.4 Å². The monoisotopic (exact) mass is 543 g/mol. The molecule has 0 amide bonds. The molecule has 0 aliphatic carbocycles. The highest BCUT2D eigenvalue weighted by Gasteiger charge is 2.39. The van der Waals surface area contributed by atoms with Crippen LogP contribution in [-0.2, 0) is 21.1 Å². The highest BCUT2D eigenvalue weighted by Crippen LogP contribution is 2.37. The minimum absolute atomic E-state index is 0.0783. The van der Waals surface area contributed by atoms with Crippen molar-refractivity contribution in [1.82, 2.24) is 10.1 Å². The Morgan fingerprint density at radius 1 is 1.22 bits per heavy atom. The average Bonchev–Trinajstić information content (AvgIpc) is 3.26. The number of halogens is 4. The molecule has 0 spiro atoms. The summed E-state index contributed by atoms with van der Waals surface area (Å²) >= 11 is 5.97. The number of aromatic nitrogens is 2. The second kappa shape index (κ2) is 9.21. The van der Waals surface area contributed by atoms with Crippen molar-refractivity contribution < 1.29 is 30.8 Å². The predicted octanol–water partition coefficient (Wildman–Crippen LogP) is 3.08. The molecule has 0 radical (unpaired) electrons. The van der Waals surface area contributed by atoms with E-state index in [-0.39, 0.29) is 60.0 Å². The first-order chi connectivity index (χ1) is 17.0. The fraction of sp³-hybridized carbons (Fsp3) is 0.364. The molecule has 36 heavy (non-hydrogen) atoms. The largest absolute Gasteiger partial charge is 0.373 e. The smallest absolute Gasteiger partial charge is 0.365 e. The van der Waals surface area contributed by atoms with E-state index in [1.807, 2.05) is 0 Å². The van der Waals surface area contributed by atoms with Crippen LogP contribution in [-0.4, -0.2) is 62.7 Å². The number of nitrogens with two attached hydrogens (primary N) is 1. The van der Waals surface area contributed by atoms with Crippen molar-refractivity contribution in [1.29, 1.82) is 0 Å². The number of anilines is 2. The van der Waals surface area contributed by atoms with Gasteiger partial charge in [0.2, 0.25) is 5.82 Å². The topological polar surface area (TPSA) is 115 Å². The second-order valence-corrected chi connectivity index (χ2v) is 11.1. The molecule has 0 saturated carbocycles. The summed E-state index contributed by atoms with van der Waals surface area (Å²) in [6.45, 7) is -0.518. The molecule has 3 heterocycles. The molecule has 2 aromatic carbocycles. The first kappa shape index (κ1) is 24.8. The van der Waals surface area contributed by atoms with Crippen molar-refractivity contribution in [3.8, 4) is 11.4 Å². The number of benzene rings is 2. The summed E-state index contributed by atoms with van der Waals surface area (Å²) in [7, 11) is -3.90. The standard InChI is InChI=1S/C22H21ClF3N5O4S/c23-14-3-1-13(2-4-14)9-31-10-15(27)11-36(32,33)19-8-17(24)16(7-18(19)31)20-28-21(35-29-20)30-5-6-34-22(25,26)12-30/h1-4,7-8,15H,5-6,9-12,27H2/t15-/m1/s1. The summed E-state index contributed by atoms with van der Waals surface area (Å²) in [5.74, 6) is -1.47. The number of hydrogen-bond donors (Lipinski definition) is 1. The summed E-state index contributed by atoms with van der Waals surface area (Å²) in [5.41, 5.74) is 7.01. The van der Waals surface area contributed by atoms with Crippen LogP contribution in [0.3, 0.4) is 0 Å². The van der Waals surface area contributed by atoms with Gasteiger partial charge in [0, 0.05) is 30.7 Å². The zero-order chi connectivity index (χ0) is 25.7. The summed E-state index contributed by atoms with van der Waals surface area (Å²) in [4.78, 5) is 6.75. The third kappa shape index (κ3) is 5.01. The first-order valence-electron chi connectivity index (χ1n) is 10.9. The lowest BCUT2D eigenvalue weighted by Crippen LogP contribution is -2.46. The molecule has 192 valence electrons. The summed E-state index contributed by atoms with van der Waals surface area (Å²) in [5, 5.41) is 4.30. The lowest BCUT2D eigenvalue weighted by molar-refractivity contribution is -0.240. The van der Waals surface area contributed by atoms with Crippen LogP contribution in [0.4, 0.5) is 24.9 Å². The van der Waals surface area contributed by atoms with E-state index < -0.39 is 34.3 Å². The van der Waals surface area contributed by atoms with E-state index in [4.69, 9.17) is 21.9 Å². The maximum atomic E-state index is 15.2. The van der Waals surface area contributed by atoms with Gasteiger partial charge in [-0.05, 0) is 29.8 Å². The molecular formula is C22H21ClF3N5O4S. The highest BCUT2D eigenvalue weighted by molar-refractivity contribution is 7.91. The number of fused-ring (bicyclic) bond motifs is 1. The van der Waals surface area contributed by atoms with Gasteiger partial charge in [0.05, 0.1) is 28.5 Å². The van der Waals surface area contributed by atoms with Crippen LogP contribution in [0.2, 0.25) is 5.02 Å². The van der Waals surface area contributed by atoms with E-state index >= 15 is 4.39 Å². The number of alkyl halides is 2. The zero-order valence-electron chi connectivity index (χ0n) is 18.7. The maximum absolute atomic E-state index is 15.2. The lowest BCUT2D eigenvalue weighted by Gasteiger charge is -2.30. The quantitative estimate of drug-likeness (QED) is 0.530. The van der Waals surface area contributed by atoms with Crippen LogP contribution in [0.15, 0.2) is 45.8 Å². The van der Waals surface area contributed by atoms with Gasteiger partial charge in [-0.2, -0.15) is 13.8 Å². The lowest BCUT2D eigenvalue weighted by atomic mass is 10.1. The minimum Gasteiger partial charge on any atom is -0.365 e. The predicted molar refractivity (Wildman–Crippen MR) is 125 cm³/mol. The maximum Gasteiger partial charge on any atom is 0.373 e. The molecule has 2 N–H and O–H groups in total. The van der Waals surface area contributed by atoms with Crippen molar-refractivity contribution in [3.63, 3.8) is 0 Å². The molecular weight excluding hydrogens is 523 g/mol. The van der Waals surface area contributed by atoms with Gasteiger partial charge in [-0.15, -0.1) is 0 Å². The number of ether oxygens (including phenoxy) is 1. The molecule has 1 saturated heterocycles. The van der Waals surface area contributed by atoms with Gasteiger partial charge in [-0.25, -0.2) is 12.8 Å². The Kier molecular flexibility index (Phi) is 6.35. The Bertz CT molecular complexity index is 1390. The van der Waals surface area contributed by atoms with Gasteiger partial charge in [0.25, 0.3) is 0 Å². The normalized spacial score (nSPS) is 21.2. The molecule has 3 aromatic rings. The summed E-state index contributed by atoms with van der Waals surface area (Å²) in [6.07, 6.45) is -3.39. The van der Waals surface area contributed by atoms with E-state index in [0.29, 0.717) is 5.02 Å². The molecule has 2 aliphatic heterocycles. The first-order valence-corrected chi connectivity index (χ1v) is 13.0. The molecule has 9 nitrogen and oxygen atoms in total. The molecule has 1 atom stereocenters. The number of nitrogens with zero attached hydrogens (tertiary/aromatic N) is 4. The Hall–Kier alpha value is -2.87. The van der Waals surface area contributed by atoms with Gasteiger partial charge in [0.15, 0.2) is 9.84 Å². The Morgan fingerprint density at radius 2 is 1.97 bits per heavy atom. The van der Waals surface area contributed by atoms with Crippen LogP contribution in [0, 0.1) is 5.82 Å². The van der Waals surface area contributed by atoms with Crippen LogP contribution >= 0.6 is 11.6 Å². The van der Waals surface area contributed by atoms with Crippen molar-refractivity contribution in [2.45, 2.75) is 23.6 Å². The summed E-state index contributed by atoms with van der Waals surface area (Å²) < 4.78 is 77.9. The Labute approximate surface area is 209 Å². The molecule has 1 aromatic heterocycles. The molecule has 5 rings (SSSR count). The second-order valence-electron chi connectivity index (χ2n) is 8.66. The molecule has 0 unspecified atom stereocenters. The molecule has 2 aliphatic rings. The van der Waals surface area contributed by atoms with E-state index in [0.717, 1.165) is 16.5 Å². The van der Waals surface area contributed by atoms with Gasteiger partial charge >= 0.3 is 12.1 Å². The fourth-order valence-electron chi connectivity index (χ4n) is 4.25. The highest BCUT2D eigenvalue weighted by atomic mass is 35.5. The fourth-order valence-corrected chi connectivity index (χ4v) is 6.01. The van der Waals surface area contributed by atoms with Gasteiger partial charge in [-0.1, -0.05) is 28.9 Å². The number of sulfone groups is 1. The third-order valence-electron chi connectivity index (χ3n) is 5.88. The Balaban J connectivity index is 1.54. The average molecular weight is 544 g/mol. The van der Waals surface area contributed by atoms with E-state index in [2.05, 4.69) is 14.9 Å². The van der Waals surface area contributed by atoms with Gasteiger partial charge < -0.3 is 24.8 Å². The zero-order valence-corrected chi connectivity index (χ0v) is 20.3. The number of morpholine rings is 1. The SMILES string of the molecule is N[C@@H]1CN(Cc2ccc(Cl)cc2)c2cc(-c3noc(N4CCOC(F)(F)C4)n3)c(F)cc2S(=O)(=O)C1. The van der Waals surface area contributed by atoms with Crippen molar-refractivity contribution in [2.24, 2.45) is 5.73 Å².